The molecule has 19 heavy (non-hydrogen) atoms. The van der Waals surface area contributed by atoms with Gasteiger partial charge in [-0.15, -0.1) is 0 Å². The van der Waals surface area contributed by atoms with E-state index in [1.54, 1.807) is 0 Å². The summed E-state index contributed by atoms with van der Waals surface area (Å²) in [5.41, 5.74) is 1.44. The lowest BCUT2D eigenvalue weighted by Crippen LogP contribution is -2.15. The minimum Gasteiger partial charge on any atom is -0.354 e. The first-order valence-corrected chi connectivity index (χ1v) is 8.07. The molecule has 2 atom stereocenters. The Morgan fingerprint density at radius 2 is 1.95 bits per heavy atom. The molecule has 0 bridgehead atoms. The number of hydrogen-bond donors (Lipinski definition) is 1. The molecule has 1 N–H and O–H groups in total. The van der Waals surface area contributed by atoms with Gasteiger partial charge in [0.2, 0.25) is 0 Å². The Balaban J connectivity index is 2.57. The third kappa shape index (κ3) is 5.40. The highest BCUT2D eigenvalue weighted by Gasteiger charge is 2.11. The first kappa shape index (κ1) is 16.3. The van der Waals surface area contributed by atoms with E-state index in [0.29, 0.717) is 6.04 Å². The Bertz CT molecular complexity index is 330. The highest BCUT2D eigenvalue weighted by atomic mass is 15.0. The van der Waals surface area contributed by atoms with E-state index >= 15 is 0 Å². The van der Waals surface area contributed by atoms with Crippen molar-refractivity contribution in [1.29, 1.82) is 0 Å². The summed E-state index contributed by atoms with van der Waals surface area (Å²) in [4.78, 5) is 0. The van der Waals surface area contributed by atoms with E-state index in [1.807, 2.05) is 0 Å². The summed E-state index contributed by atoms with van der Waals surface area (Å²) in [5.74, 6) is 0.833. The first-order chi connectivity index (χ1) is 9.24. The van der Waals surface area contributed by atoms with Crippen molar-refractivity contribution in [2.45, 2.75) is 71.9 Å². The number of aromatic nitrogens is 1. The fourth-order valence-electron chi connectivity index (χ4n) is 2.76. The van der Waals surface area contributed by atoms with Crippen LogP contribution in [0.1, 0.15) is 70.9 Å². The smallest absolute Gasteiger partial charge is 0.0332 e. The van der Waals surface area contributed by atoms with Crippen LogP contribution in [0.2, 0.25) is 0 Å². The first-order valence-electron chi connectivity index (χ1n) is 8.07. The second-order valence-electron chi connectivity index (χ2n) is 5.69. The molecule has 0 aliphatic heterocycles. The summed E-state index contributed by atoms with van der Waals surface area (Å²) in [6, 6.07) is 2.80. The second-order valence-corrected chi connectivity index (χ2v) is 5.69. The number of rotatable bonds is 10. The molecule has 2 heteroatoms. The van der Waals surface area contributed by atoms with E-state index in [9.17, 15) is 0 Å². The Kier molecular flexibility index (Phi) is 7.88. The van der Waals surface area contributed by atoms with Gasteiger partial charge >= 0.3 is 0 Å². The molecular weight excluding hydrogens is 232 g/mol. The van der Waals surface area contributed by atoms with Crippen LogP contribution >= 0.6 is 0 Å². The fraction of sp³-hybridized carbons (Fsp3) is 0.765. The van der Waals surface area contributed by atoms with Crippen molar-refractivity contribution in [1.82, 2.24) is 9.88 Å². The molecule has 0 fully saturated rings. The van der Waals surface area contributed by atoms with Crippen molar-refractivity contribution < 1.29 is 0 Å². The molecule has 1 aromatic rings. The maximum Gasteiger partial charge on any atom is 0.0332 e. The normalized spacial score (nSPS) is 14.5. The number of nitrogens with one attached hydrogen (secondary N) is 1. The number of unbranched alkanes of at least 4 members (excludes halogenated alkanes) is 1. The van der Waals surface area contributed by atoms with Crippen LogP contribution in [-0.4, -0.2) is 11.6 Å². The van der Waals surface area contributed by atoms with Gasteiger partial charge in [0, 0.05) is 25.0 Å². The lowest BCUT2D eigenvalue weighted by atomic mass is 9.99. The van der Waals surface area contributed by atoms with Gasteiger partial charge in [0.25, 0.3) is 0 Å². The van der Waals surface area contributed by atoms with Gasteiger partial charge in [-0.3, -0.25) is 0 Å². The molecule has 2 unspecified atom stereocenters. The molecule has 1 heterocycles. The molecule has 110 valence electrons. The molecule has 0 radical (unpaired) electrons. The van der Waals surface area contributed by atoms with Gasteiger partial charge in [-0.2, -0.15) is 0 Å². The molecule has 0 aliphatic rings. The van der Waals surface area contributed by atoms with Crippen LogP contribution in [0, 0.1) is 5.92 Å². The number of hydrogen-bond acceptors (Lipinski definition) is 1. The summed E-state index contributed by atoms with van der Waals surface area (Å²) in [5, 5.41) is 3.42. The van der Waals surface area contributed by atoms with Gasteiger partial charge in [-0.1, -0.05) is 46.5 Å². The maximum atomic E-state index is 3.42. The molecular formula is C17H32N2. The zero-order chi connectivity index (χ0) is 14.1. The number of nitrogens with zero attached hydrogens (tertiary/aromatic N) is 1. The third-order valence-corrected chi connectivity index (χ3v) is 4.11. The predicted octanol–water partition coefficient (Wildman–Crippen LogP) is 4.77. The van der Waals surface area contributed by atoms with E-state index in [4.69, 9.17) is 0 Å². The summed E-state index contributed by atoms with van der Waals surface area (Å²) in [7, 11) is 2.06. The van der Waals surface area contributed by atoms with E-state index in [0.717, 1.165) is 5.92 Å². The molecule has 0 amide bonds. The quantitative estimate of drug-likeness (QED) is 0.644. The van der Waals surface area contributed by atoms with Crippen molar-refractivity contribution in [2.24, 2.45) is 5.92 Å². The van der Waals surface area contributed by atoms with Crippen LogP contribution in [0.15, 0.2) is 18.5 Å². The van der Waals surface area contributed by atoms with Gasteiger partial charge in [-0.05, 0) is 37.4 Å². The summed E-state index contributed by atoms with van der Waals surface area (Å²) < 4.78 is 2.39. The van der Waals surface area contributed by atoms with E-state index < -0.39 is 0 Å². The molecule has 1 aromatic heterocycles. The SMILES string of the molecule is CCCCC(CC)Cn1ccc(C(CCC)NC)c1. The molecule has 0 aromatic carbocycles. The molecule has 0 spiro atoms. The van der Waals surface area contributed by atoms with Crippen LogP contribution < -0.4 is 5.32 Å². The van der Waals surface area contributed by atoms with Crippen molar-refractivity contribution >= 4 is 0 Å². The lowest BCUT2D eigenvalue weighted by molar-refractivity contribution is 0.390. The predicted molar refractivity (Wildman–Crippen MR) is 84.4 cm³/mol. The van der Waals surface area contributed by atoms with Crippen molar-refractivity contribution in [2.75, 3.05) is 7.05 Å². The Hall–Kier alpha value is -0.760. The standard InChI is InChI=1S/C17H32N2/c1-5-8-10-15(7-3)13-19-12-11-16(14-19)17(18-4)9-6-2/h11-12,14-15,17-18H,5-10,13H2,1-4H3. The zero-order valence-corrected chi connectivity index (χ0v) is 13.3. The van der Waals surface area contributed by atoms with Crippen LogP contribution in [0.3, 0.4) is 0 Å². The Morgan fingerprint density at radius 1 is 1.16 bits per heavy atom. The van der Waals surface area contributed by atoms with Gasteiger partial charge in [0.05, 0.1) is 0 Å². The van der Waals surface area contributed by atoms with Crippen LogP contribution in [-0.2, 0) is 6.54 Å². The van der Waals surface area contributed by atoms with Crippen LogP contribution in [0.5, 0.6) is 0 Å². The lowest BCUT2D eigenvalue weighted by Gasteiger charge is -2.16. The highest BCUT2D eigenvalue weighted by molar-refractivity contribution is 5.15. The molecule has 0 saturated carbocycles. The van der Waals surface area contributed by atoms with Crippen LogP contribution in [0.25, 0.3) is 0 Å². The minimum atomic E-state index is 0.516. The van der Waals surface area contributed by atoms with Crippen molar-refractivity contribution in [3.05, 3.63) is 24.0 Å². The fourth-order valence-corrected chi connectivity index (χ4v) is 2.76. The molecule has 0 aliphatic carbocycles. The average molecular weight is 264 g/mol. The monoisotopic (exact) mass is 264 g/mol. The molecule has 2 nitrogen and oxygen atoms in total. The molecule has 0 saturated heterocycles. The largest absolute Gasteiger partial charge is 0.354 e. The van der Waals surface area contributed by atoms with Gasteiger partial charge in [0.1, 0.15) is 0 Å². The van der Waals surface area contributed by atoms with Crippen molar-refractivity contribution in [3.63, 3.8) is 0 Å². The van der Waals surface area contributed by atoms with Crippen LogP contribution in [0.4, 0.5) is 0 Å². The minimum absolute atomic E-state index is 0.516. The van der Waals surface area contributed by atoms with Gasteiger partial charge in [0.15, 0.2) is 0 Å². The van der Waals surface area contributed by atoms with Gasteiger partial charge < -0.3 is 9.88 Å². The summed E-state index contributed by atoms with van der Waals surface area (Å²) in [6.07, 6.45) is 12.4. The van der Waals surface area contributed by atoms with E-state index in [2.05, 4.69) is 56.2 Å². The third-order valence-electron chi connectivity index (χ3n) is 4.11. The second kappa shape index (κ2) is 9.19. The highest BCUT2D eigenvalue weighted by Crippen LogP contribution is 2.20. The van der Waals surface area contributed by atoms with E-state index in [1.165, 1.54) is 50.6 Å². The summed E-state index contributed by atoms with van der Waals surface area (Å²) in [6.45, 7) is 8.03. The van der Waals surface area contributed by atoms with E-state index in [-0.39, 0.29) is 0 Å². The molecule has 1 rings (SSSR count). The van der Waals surface area contributed by atoms with Crippen molar-refractivity contribution in [3.8, 4) is 0 Å². The zero-order valence-electron chi connectivity index (χ0n) is 13.3. The topological polar surface area (TPSA) is 17.0 Å². The van der Waals surface area contributed by atoms with Gasteiger partial charge in [-0.25, -0.2) is 0 Å². The Morgan fingerprint density at radius 3 is 2.53 bits per heavy atom. The Labute approximate surface area is 119 Å². The summed E-state index contributed by atoms with van der Waals surface area (Å²) >= 11 is 0. The maximum absolute atomic E-state index is 3.42. The average Bonchev–Trinajstić information content (AvgIpc) is 2.89.